The van der Waals surface area contributed by atoms with Crippen LogP contribution < -0.4 is 0 Å². The van der Waals surface area contributed by atoms with Crippen LogP contribution in [-0.4, -0.2) is 41.8 Å². The second-order valence-electron chi connectivity index (χ2n) is 7.50. The molecule has 21 heavy (non-hydrogen) atoms. The Morgan fingerprint density at radius 3 is 2.81 bits per heavy atom. The normalized spacial score (nSPS) is 59.7. The number of hydrogen-bond acceptors (Lipinski definition) is 5. The van der Waals surface area contributed by atoms with Gasteiger partial charge in [-0.3, -0.25) is 0 Å². The van der Waals surface area contributed by atoms with E-state index >= 15 is 0 Å². The summed E-state index contributed by atoms with van der Waals surface area (Å²) in [6, 6.07) is 0. The van der Waals surface area contributed by atoms with Crippen molar-refractivity contribution in [2.45, 2.75) is 68.7 Å². The molecule has 0 aromatic carbocycles. The van der Waals surface area contributed by atoms with Gasteiger partial charge in [0.15, 0.2) is 0 Å². The standard InChI is InChI=1S/C16H20O5/c1-8-5-14(18-4)10(9(2)12(17)20-14)6-15-13(3,21-15)7-11-16(8,15)19-11/h8,11H,5-7H2,1-4H3/t8-,11+,13-,14+,15-,16+/m1/s1. The van der Waals surface area contributed by atoms with Crippen molar-refractivity contribution in [2.24, 2.45) is 5.92 Å². The predicted molar refractivity (Wildman–Crippen MR) is 71.4 cm³/mol. The molecule has 6 atom stereocenters. The number of epoxide rings is 2. The van der Waals surface area contributed by atoms with Crippen LogP contribution in [-0.2, 0) is 23.7 Å². The van der Waals surface area contributed by atoms with E-state index in [4.69, 9.17) is 18.9 Å². The Bertz CT molecular complexity index is 626. The zero-order valence-corrected chi connectivity index (χ0v) is 12.8. The van der Waals surface area contributed by atoms with Gasteiger partial charge in [-0.2, -0.15) is 0 Å². The molecule has 114 valence electrons. The van der Waals surface area contributed by atoms with E-state index in [0.29, 0.717) is 18.4 Å². The molecule has 0 N–H and O–H groups in total. The number of methoxy groups -OCH3 is 1. The molecule has 0 bridgehead atoms. The van der Waals surface area contributed by atoms with Gasteiger partial charge in [-0.1, -0.05) is 6.92 Å². The summed E-state index contributed by atoms with van der Waals surface area (Å²) in [4.78, 5) is 12.1. The number of carbonyl (C=O) groups excluding carboxylic acids is 1. The van der Waals surface area contributed by atoms with E-state index in [2.05, 4.69) is 13.8 Å². The molecule has 5 rings (SSSR count). The zero-order chi connectivity index (χ0) is 14.8. The molecule has 5 heteroatoms. The Labute approximate surface area is 123 Å². The Morgan fingerprint density at radius 1 is 1.33 bits per heavy atom. The molecule has 3 heterocycles. The fourth-order valence-electron chi connectivity index (χ4n) is 5.54. The van der Waals surface area contributed by atoms with Gasteiger partial charge in [-0.15, -0.1) is 0 Å². The Morgan fingerprint density at radius 2 is 2.10 bits per heavy atom. The van der Waals surface area contributed by atoms with E-state index < -0.39 is 5.79 Å². The Hall–Kier alpha value is -0.910. The monoisotopic (exact) mass is 292 g/mol. The van der Waals surface area contributed by atoms with Crippen LogP contribution in [0.1, 0.15) is 40.0 Å². The average molecular weight is 292 g/mol. The lowest BCUT2D eigenvalue weighted by atomic mass is 9.78. The smallest absolute Gasteiger partial charge is 0.336 e. The zero-order valence-electron chi connectivity index (χ0n) is 12.8. The Balaban J connectivity index is 1.70. The number of hydrogen-bond donors (Lipinski definition) is 0. The summed E-state index contributed by atoms with van der Waals surface area (Å²) < 4.78 is 23.7. The number of rotatable bonds is 1. The summed E-state index contributed by atoms with van der Waals surface area (Å²) in [7, 11) is 1.62. The van der Waals surface area contributed by atoms with Crippen LogP contribution in [0.25, 0.3) is 0 Å². The number of carbonyl (C=O) groups is 1. The highest BCUT2D eigenvalue weighted by atomic mass is 16.7. The molecule has 2 saturated heterocycles. The minimum Gasteiger partial charge on any atom is -0.426 e. The minimum absolute atomic E-state index is 0.118. The molecule has 4 fully saturated rings. The molecule has 2 saturated carbocycles. The fraction of sp³-hybridized carbons (Fsp3) is 0.812. The van der Waals surface area contributed by atoms with Crippen LogP contribution in [0.4, 0.5) is 0 Å². The highest BCUT2D eigenvalue weighted by molar-refractivity contribution is 5.92. The van der Waals surface area contributed by atoms with Gasteiger partial charge in [0.25, 0.3) is 0 Å². The summed E-state index contributed by atoms with van der Waals surface area (Å²) in [5, 5.41) is 0. The second kappa shape index (κ2) is 3.07. The third kappa shape index (κ3) is 1.04. The van der Waals surface area contributed by atoms with Crippen molar-refractivity contribution in [3.8, 4) is 0 Å². The van der Waals surface area contributed by atoms with Gasteiger partial charge < -0.3 is 18.9 Å². The molecule has 0 unspecified atom stereocenters. The van der Waals surface area contributed by atoms with Gasteiger partial charge in [0.2, 0.25) is 5.79 Å². The van der Waals surface area contributed by atoms with Gasteiger partial charge in [0, 0.05) is 37.5 Å². The average Bonchev–Trinajstić information content (AvgIpc) is 3.26. The van der Waals surface area contributed by atoms with E-state index in [1.807, 2.05) is 6.92 Å². The van der Waals surface area contributed by atoms with Crippen LogP contribution in [0.5, 0.6) is 0 Å². The fourth-order valence-corrected chi connectivity index (χ4v) is 5.54. The van der Waals surface area contributed by atoms with Gasteiger partial charge in [0.05, 0.1) is 6.10 Å². The number of fused-ring (bicyclic) bond motifs is 1. The third-order valence-electron chi connectivity index (χ3n) is 6.72. The summed E-state index contributed by atoms with van der Waals surface area (Å²) >= 11 is 0. The predicted octanol–water partition coefficient (Wildman–Crippen LogP) is 1.70. The number of esters is 1. The molecule has 2 spiro atoms. The van der Waals surface area contributed by atoms with Gasteiger partial charge >= 0.3 is 5.97 Å². The topological polar surface area (TPSA) is 60.6 Å². The van der Waals surface area contributed by atoms with E-state index in [1.54, 1.807) is 7.11 Å². The van der Waals surface area contributed by atoms with E-state index in [0.717, 1.165) is 12.0 Å². The van der Waals surface area contributed by atoms with Crippen molar-refractivity contribution in [2.75, 3.05) is 7.11 Å². The quantitative estimate of drug-likeness (QED) is 0.544. The highest BCUT2D eigenvalue weighted by Crippen LogP contribution is 2.79. The van der Waals surface area contributed by atoms with Crippen LogP contribution in [0.15, 0.2) is 11.1 Å². The first-order chi connectivity index (χ1) is 9.84. The number of ether oxygens (including phenoxy) is 4. The Kier molecular flexibility index (Phi) is 1.85. The first kappa shape index (κ1) is 12.6. The maximum absolute atomic E-state index is 12.1. The molecule has 3 aliphatic heterocycles. The van der Waals surface area contributed by atoms with Crippen molar-refractivity contribution < 1.29 is 23.7 Å². The molecule has 2 aliphatic carbocycles. The maximum atomic E-state index is 12.1. The first-order valence-electron chi connectivity index (χ1n) is 7.71. The van der Waals surface area contributed by atoms with Crippen LogP contribution >= 0.6 is 0 Å². The van der Waals surface area contributed by atoms with Crippen LogP contribution in [0.3, 0.4) is 0 Å². The van der Waals surface area contributed by atoms with E-state index in [-0.39, 0.29) is 34.8 Å². The molecule has 0 aromatic heterocycles. The minimum atomic E-state index is -0.919. The SMILES string of the molecule is CO[C@]12C[C@@H](C)[C@]34O[C@H]3C[C@@]3(C)O[C@@]43CC1=C(C)C(=O)O2. The van der Waals surface area contributed by atoms with Gasteiger partial charge in [-0.25, -0.2) is 4.79 Å². The molecule has 0 aromatic rings. The highest BCUT2D eigenvalue weighted by Gasteiger charge is 2.93. The summed E-state index contributed by atoms with van der Waals surface area (Å²) in [5.74, 6) is -0.958. The van der Waals surface area contributed by atoms with Crippen LogP contribution in [0.2, 0.25) is 0 Å². The molecule has 0 radical (unpaired) electrons. The lowest BCUT2D eigenvalue weighted by molar-refractivity contribution is -0.198. The van der Waals surface area contributed by atoms with Crippen molar-refractivity contribution in [1.29, 1.82) is 0 Å². The van der Waals surface area contributed by atoms with Crippen molar-refractivity contribution in [3.63, 3.8) is 0 Å². The van der Waals surface area contributed by atoms with Crippen molar-refractivity contribution in [3.05, 3.63) is 11.1 Å². The largest absolute Gasteiger partial charge is 0.426 e. The van der Waals surface area contributed by atoms with Crippen molar-refractivity contribution in [1.82, 2.24) is 0 Å². The molecule has 5 aliphatic rings. The summed E-state index contributed by atoms with van der Waals surface area (Å²) in [5.41, 5.74) is 1.01. The van der Waals surface area contributed by atoms with Gasteiger partial charge in [0.1, 0.15) is 16.8 Å². The second-order valence-corrected chi connectivity index (χ2v) is 7.50. The van der Waals surface area contributed by atoms with Gasteiger partial charge in [-0.05, 0) is 19.8 Å². The van der Waals surface area contributed by atoms with E-state index in [1.165, 1.54) is 0 Å². The molecule has 5 nitrogen and oxygen atoms in total. The molecule has 0 amide bonds. The van der Waals surface area contributed by atoms with Crippen LogP contribution in [0, 0.1) is 5.92 Å². The third-order valence-corrected chi connectivity index (χ3v) is 6.72. The van der Waals surface area contributed by atoms with Crippen molar-refractivity contribution >= 4 is 5.97 Å². The first-order valence-corrected chi connectivity index (χ1v) is 7.71. The summed E-state index contributed by atoms with van der Waals surface area (Å²) in [6.07, 6.45) is 2.56. The lowest BCUT2D eigenvalue weighted by Gasteiger charge is -2.30. The van der Waals surface area contributed by atoms with E-state index in [9.17, 15) is 4.79 Å². The summed E-state index contributed by atoms with van der Waals surface area (Å²) in [6.45, 7) is 6.17. The maximum Gasteiger partial charge on any atom is 0.336 e. The molecular formula is C16H20O5. The molecular weight excluding hydrogens is 272 g/mol. The lowest BCUT2D eigenvalue weighted by Crippen LogP contribution is -2.41.